The fourth-order valence-corrected chi connectivity index (χ4v) is 5.30. The molecule has 3 N–H and O–H groups in total. The van der Waals surface area contributed by atoms with E-state index in [9.17, 15) is 5.11 Å². The summed E-state index contributed by atoms with van der Waals surface area (Å²) in [4.78, 5) is 2.34. The van der Waals surface area contributed by atoms with Crippen LogP contribution in [0.25, 0.3) is 0 Å². The Bertz CT molecular complexity index is 699. The molecule has 1 saturated carbocycles. The maximum Gasteiger partial charge on any atom is 0.165 e. The Morgan fingerprint density at radius 1 is 1.48 bits per heavy atom. The lowest BCUT2D eigenvalue weighted by atomic mass is 9.51. The van der Waals surface area contributed by atoms with E-state index in [1.807, 2.05) is 6.07 Å². The molecule has 0 amide bonds. The van der Waals surface area contributed by atoms with Gasteiger partial charge >= 0.3 is 0 Å². The molecular formula is C17H22N2O2. The van der Waals surface area contributed by atoms with Crippen LogP contribution >= 0.6 is 0 Å². The lowest BCUT2D eigenvalue weighted by molar-refractivity contribution is -0.0510. The van der Waals surface area contributed by atoms with Crippen molar-refractivity contribution in [1.82, 2.24) is 4.90 Å². The van der Waals surface area contributed by atoms with Crippen LogP contribution in [0.15, 0.2) is 12.1 Å². The molecular weight excluding hydrogens is 264 g/mol. The number of nitrogens with two attached hydrogens (primary N) is 1. The van der Waals surface area contributed by atoms with Crippen LogP contribution in [0.5, 0.6) is 11.5 Å². The lowest BCUT2D eigenvalue weighted by Gasteiger charge is -2.58. The second kappa shape index (κ2) is 3.73. The number of nitrogens with zero attached hydrogens (tertiary/aromatic N) is 1. The molecule has 2 unspecified atom stereocenters. The van der Waals surface area contributed by atoms with Gasteiger partial charge in [-0.3, -0.25) is 0 Å². The molecule has 5 rings (SSSR count). The van der Waals surface area contributed by atoms with Gasteiger partial charge in [0, 0.05) is 25.8 Å². The standard InChI is InChI=1S/C17H22N2O2/c1-19-7-6-17-10-3-4-11(18)16(17)21-15-13(20)5-2-9(14(15)17)8-12(10)19/h2,5,10-12,16,20H,3-4,6-8,18H2,1H3/t10-,11+,12+,16-,17-/m0/s1/i3T,4T/t3?,4?,10-,11+,12+,16-,17-. The average molecular weight is 290 g/mol. The van der Waals surface area contributed by atoms with Crippen molar-refractivity contribution in [2.45, 2.75) is 49.2 Å². The molecule has 4 heteroatoms. The Balaban J connectivity index is 1.82. The smallest absolute Gasteiger partial charge is 0.165 e. The van der Waals surface area contributed by atoms with E-state index in [1.54, 1.807) is 6.07 Å². The number of phenolic OH excluding ortho intramolecular Hbond substituents is 1. The van der Waals surface area contributed by atoms with E-state index < -0.39 is 18.8 Å². The van der Waals surface area contributed by atoms with Crippen LogP contribution in [0, 0.1) is 5.92 Å². The van der Waals surface area contributed by atoms with Gasteiger partial charge in [0.2, 0.25) is 0 Å². The molecule has 2 aliphatic carbocycles. The van der Waals surface area contributed by atoms with Gasteiger partial charge < -0.3 is 20.5 Å². The largest absolute Gasteiger partial charge is 0.504 e. The van der Waals surface area contributed by atoms with E-state index in [4.69, 9.17) is 13.2 Å². The molecule has 4 aliphatic rings. The maximum absolute atomic E-state index is 10.3. The van der Waals surface area contributed by atoms with Crippen LogP contribution in [-0.4, -0.2) is 41.8 Å². The summed E-state index contributed by atoms with van der Waals surface area (Å²) in [7, 11) is 2.12. The summed E-state index contributed by atoms with van der Waals surface area (Å²) in [6.07, 6.45) is 0.285. The number of ether oxygens (including phenoxy) is 1. The predicted octanol–water partition coefficient (Wildman–Crippen LogP) is 1.39. The van der Waals surface area contributed by atoms with Crippen LogP contribution in [0.2, 0.25) is 0 Å². The summed E-state index contributed by atoms with van der Waals surface area (Å²) in [6.45, 7) is 0.942. The topological polar surface area (TPSA) is 58.7 Å². The minimum absolute atomic E-state index is 0.0455. The van der Waals surface area contributed by atoms with Crippen LogP contribution < -0.4 is 10.5 Å². The molecule has 2 aliphatic heterocycles. The molecule has 21 heavy (non-hydrogen) atoms. The summed E-state index contributed by atoms with van der Waals surface area (Å²) in [6, 6.07) is 3.47. The van der Waals surface area contributed by atoms with E-state index in [0.717, 1.165) is 24.9 Å². The first-order valence-electron chi connectivity index (χ1n) is 8.94. The van der Waals surface area contributed by atoms with Gasteiger partial charge in [0.15, 0.2) is 11.5 Å². The van der Waals surface area contributed by atoms with Gasteiger partial charge in [-0.05, 0) is 56.8 Å². The predicted molar refractivity (Wildman–Crippen MR) is 79.6 cm³/mol. The number of phenols is 1. The van der Waals surface area contributed by atoms with E-state index >= 15 is 0 Å². The van der Waals surface area contributed by atoms with Crippen LogP contribution in [0.1, 0.15) is 33.1 Å². The molecule has 2 heterocycles. The molecule has 7 atom stereocenters. The number of benzene rings is 1. The Hall–Kier alpha value is -1.26. The van der Waals surface area contributed by atoms with E-state index in [-0.39, 0.29) is 29.2 Å². The number of aromatic hydroxyl groups is 1. The lowest BCUT2D eigenvalue weighted by Crippen LogP contribution is -2.67. The molecule has 112 valence electrons. The van der Waals surface area contributed by atoms with Crippen LogP contribution in [-0.2, 0) is 11.8 Å². The normalized spacial score (nSPS) is 51.7. The fraction of sp³-hybridized carbons (Fsp3) is 0.647. The van der Waals surface area contributed by atoms with Gasteiger partial charge in [-0.1, -0.05) is 6.07 Å². The third kappa shape index (κ3) is 1.25. The number of piperidine rings is 1. The van der Waals surface area contributed by atoms with Crippen molar-refractivity contribution in [3.8, 4) is 11.5 Å². The number of likely N-dealkylation sites (tertiary alicyclic amines) is 1. The molecule has 2 bridgehead atoms. The van der Waals surface area contributed by atoms with Crippen molar-refractivity contribution in [2.75, 3.05) is 13.6 Å². The van der Waals surface area contributed by atoms with Crippen molar-refractivity contribution in [3.63, 3.8) is 0 Å². The van der Waals surface area contributed by atoms with E-state index in [1.165, 1.54) is 5.56 Å². The number of rotatable bonds is 0. The highest BCUT2D eigenvalue weighted by molar-refractivity contribution is 5.60. The highest BCUT2D eigenvalue weighted by Crippen LogP contribution is 2.63. The summed E-state index contributed by atoms with van der Waals surface area (Å²) >= 11 is 0. The second-order valence-corrected chi connectivity index (χ2v) is 7.02. The molecule has 1 aromatic rings. The minimum atomic E-state index is -0.648. The van der Waals surface area contributed by atoms with Gasteiger partial charge in [-0.25, -0.2) is 0 Å². The van der Waals surface area contributed by atoms with E-state index in [2.05, 4.69) is 11.9 Å². The Morgan fingerprint density at radius 3 is 3.19 bits per heavy atom. The third-order valence-electron chi connectivity index (χ3n) is 6.21. The SMILES string of the molecule is [3H]C1C([3H])[C@H]2[C@H]3Cc4ccc(O)c5c4[C@@]2(CCN3C)[C@@H](O5)[C@@H]1N. The molecule has 4 nitrogen and oxygen atoms in total. The minimum Gasteiger partial charge on any atom is -0.504 e. The first-order valence-corrected chi connectivity index (χ1v) is 7.79. The summed E-state index contributed by atoms with van der Waals surface area (Å²) in [5, 5.41) is 10.3. The van der Waals surface area contributed by atoms with Crippen LogP contribution in [0.4, 0.5) is 0 Å². The summed E-state index contributed by atoms with van der Waals surface area (Å²) in [5.74, 6) is 0.778. The number of hydrogen-bond donors (Lipinski definition) is 2. The van der Waals surface area contributed by atoms with Crippen molar-refractivity contribution in [3.05, 3.63) is 23.3 Å². The van der Waals surface area contributed by atoms with Gasteiger partial charge in [0.1, 0.15) is 6.10 Å². The second-order valence-electron chi connectivity index (χ2n) is 7.02. The number of hydrogen-bond acceptors (Lipinski definition) is 4. The Labute approximate surface area is 127 Å². The third-order valence-corrected chi connectivity index (χ3v) is 6.21. The average Bonchev–Trinajstić information content (AvgIpc) is 2.88. The molecule has 0 radical (unpaired) electrons. The zero-order valence-corrected chi connectivity index (χ0v) is 12.1. The molecule has 2 fully saturated rings. The van der Waals surface area contributed by atoms with Gasteiger partial charge in [-0.15, -0.1) is 0 Å². The van der Waals surface area contributed by atoms with Crippen LogP contribution in [0.3, 0.4) is 0 Å². The molecule has 1 saturated heterocycles. The van der Waals surface area contributed by atoms with E-state index in [0.29, 0.717) is 5.75 Å². The fourth-order valence-electron chi connectivity index (χ4n) is 5.30. The summed E-state index contributed by atoms with van der Waals surface area (Å²) < 4.78 is 23.3. The first kappa shape index (κ1) is 10.5. The molecule has 0 aromatic heterocycles. The Kier molecular flexibility index (Phi) is 1.86. The first-order chi connectivity index (χ1) is 11.0. The van der Waals surface area contributed by atoms with Gasteiger partial charge in [0.05, 0.1) is 0 Å². The highest BCUT2D eigenvalue weighted by Gasteiger charge is 2.64. The monoisotopic (exact) mass is 290 g/mol. The quantitative estimate of drug-likeness (QED) is 0.758. The molecule has 1 spiro atoms. The summed E-state index contributed by atoms with van der Waals surface area (Å²) in [5.41, 5.74) is 8.37. The van der Waals surface area contributed by atoms with Gasteiger partial charge in [-0.2, -0.15) is 0 Å². The molecule has 1 aromatic carbocycles. The Morgan fingerprint density at radius 2 is 2.33 bits per heavy atom. The zero-order valence-electron chi connectivity index (χ0n) is 14.1. The number of likely N-dealkylation sites (N-methyl/N-ethyl adjacent to an activating group) is 1. The van der Waals surface area contributed by atoms with Crippen molar-refractivity contribution < 1.29 is 12.6 Å². The highest BCUT2D eigenvalue weighted by atomic mass is 16.5. The van der Waals surface area contributed by atoms with Crippen molar-refractivity contribution in [1.29, 1.82) is 0 Å². The van der Waals surface area contributed by atoms with Gasteiger partial charge in [0.25, 0.3) is 0 Å². The van der Waals surface area contributed by atoms with Crippen molar-refractivity contribution >= 4 is 0 Å². The van der Waals surface area contributed by atoms with Crippen molar-refractivity contribution in [2.24, 2.45) is 11.7 Å². The zero-order chi connectivity index (χ0) is 16.1. The maximum atomic E-state index is 10.3.